The number of amides is 1. The first kappa shape index (κ1) is 14.9. The Morgan fingerprint density at radius 3 is 3.11 bits per heavy atom. The fourth-order valence-electron chi connectivity index (χ4n) is 1.85. The van der Waals surface area contributed by atoms with Crippen molar-refractivity contribution >= 4 is 18.3 Å². The molecule has 5 nitrogen and oxygen atoms in total. The molecule has 0 aliphatic carbocycles. The number of aromatic nitrogens is 1. The van der Waals surface area contributed by atoms with Gasteiger partial charge in [0.2, 0.25) is 0 Å². The van der Waals surface area contributed by atoms with Crippen molar-refractivity contribution in [3.05, 3.63) is 29.6 Å². The fourth-order valence-corrected chi connectivity index (χ4v) is 1.85. The molecular formula is C12H18ClN3O2. The van der Waals surface area contributed by atoms with E-state index in [1.54, 1.807) is 18.3 Å². The number of nitrogens with zero attached hydrogens (tertiary/aromatic N) is 1. The lowest BCUT2D eigenvalue weighted by atomic mass is 10.1. The summed E-state index contributed by atoms with van der Waals surface area (Å²) in [6, 6.07) is 3.53. The van der Waals surface area contributed by atoms with Gasteiger partial charge in [0, 0.05) is 24.9 Å². The predicted molar refractivity (Wildman–Crippen MR) is 70.7 cm³/mol. The fraction of sp³-hybridized carbons (Fsp3) is 0.500. The highest BCUT2D eigenvalue weighted by Gasteiger charge is 2.17. The molecule has 0 saturated carbocycles. The van der Waals surface area contributed by atoms with Gasteiger partial charge in [-0.05, 0) is 25.0 Å². The van der Waals surface area contributed by atoms with Crippen molar-refractivity contribution < 1.29 is 9.53 Å². The van der Waals surface area contributed by atoms with Crippen molar-refractivity contribution in [2.75, 3.05) is 13.2 Å². The highest BCUT2D eigenvalue weighted by molar-refractivity contribution is 5.94. The van der Waals surface area contributed by atoms with Crippen LogP contribution in [0.2, 0.25) is 0 Å². The molecule has 0 aromatic carbocycles. The van der Waals surface area contributed by atoms with Gasteiger partial charge in [0.25, 0.3) is 5.91 Å². The Morgan fingerprint density at radius 1 is 1.61 bits per heavy atom. The number of carbonyl (C=O) groups is 1. The first-order valence-electron chi connectivity index (χ1n) is 5.83. The van der Waals surface area contributed by atoms with Crippen LogP contribution in [0.3, 0.4) is 0 Å². The first-order valence-corrected chi connectivity index (χ1v) is 5.83. The monoisotopic (exact) mass is 271 g/mol. The zero-order chi connectivity index (χ0) is 12.1. The number of pyridine rings is 1. The van der Waals surface area contributed by atoms with Gasteiger partial charge in [0.1, 0.15) is 0 Å². The van der Waals surface area contributed by atoms with E-state index in [-0.39, 0.29) is 24.4 Å². The van der Waals surface area contributed by atoms with Crippen LogP contribution in [0.25, 0.3) is 0 Å². The van der Waals surface area contributed by atoms with Crippen LogP contribution in [0.15, 0.2) is 18.3 Å². The lowest BCUT2D eigenvalue weighted by Crippen LogP contribution is -2.40. The molecule has 0 spiro atoms. The zero-order valence-corrected chi connectivity index (χ0v) is 10.9. The van der Waals surface area contributed by atoms with Crippen LogP contribution in [-0.2, 0) is 11.3 Å². The van der Waals surface area contributed by atoms with E-state index < -0.39 is 0 Å². The number of nitrogens with one attached hydrogen (secondary N) is 1. The normalized spacial score (nSPS) is 18.8. The highest BCUT2D eigenvalue weighted by atomic mass is 35.5. The maximum atomic E-state index is 11.9. The lowest BCUT2D eigenvalue weighted by molar-refractivity contribution is 0.0624. The molecule has 18 heavy (non-hydrogen) atoms. The number of ether oxygens (including phenoxy) is 1. The van der Waals surface area contributed by atoms with E-state index in [0.717, 1.165) is 25.1 Å². The topological polar surface area (TPSA) is 77.2 Å². The van der Waals surface area contributed by atoms with Gasteiger partial charge < -0.3 is 15.8 Å². The third kappa shape index (κ3) is 3.94. The minimum atomic E-state index is -0.0856. The summed E-state index contributed by atoms with van der Waals surface area (Å²) >= 11 is 0. The SMILES string of the molecule is Cl.NCc1cc(C(=O)NC2CCCOC2)ccn1. The molecule has 1 aromatic rings. The second-order valence-corrected chi connectivity index (χ2v) is 4.13. The zero-order valence-electron chi connectivity index (χ0n) is 10.1. The third-order valence-corrected chi connectivity index (χ3v) is 2.78. The second kappa shape index (κ2) is 7.31. The van der Waals surface area contributed by atoms with Crippen LogP contribution in [0.5, 0.6) is 0 Å². The number of nitrogens with two attached hydrogens (primary N) is 1. The summed E-state index contributed by atoms with van der Waals surface area (Å²) in [5, 5.41) is 2.95. The Morgan fingerprint density at radius 2 is 2.44 bits per heavy atom. The quantitative estimate of drug-likeness (QED) is 0.855. The van der Waals surface area contributed by atoms with E-state index in [4.69, 9.17) is 10.5 Å². The number of halogens is 1. The van der Waals surface area contributed by atoms with Crippen LogP contribution < -0.4 is 11.1 Å². The Balaban J connectivity index is 0.00000162. The van der Waals surface area contributed by atoms with Gasteiger partial charge in [-0.3, -0.25) is 9.78 Å². The van der Waals surface area contributed by atoms with Crippen molar-refractivity contribution in [3.63, 3.8) is 0 Å². The molecule has 1 aliphatic heterocycles. The Bertz CT molecular complexity index is 395. The molecule has 3 N–H and O–H groups in total. The van der Waals surface area contributed by atoms with E-state index in [0.29, 0.717) is 18.7 Å². The minimum Gasteiger partial charge on any atom is -0.379 e. The molecule has 1 fully saturated rings. The molecule has 2 heterocycles. The summed E-state index contributed by atoms with van der Waals surface area (Å²) in [4.78, 5) is 16.0. The second-order valence-electron chi connectivity index (χ2n) is 4.13. The molecule has 100 valence electrons. The van der Waals surface area contributed by atoms with Crippen molar-refractivity contribution in [1.29, 1.82) is 0 Å². The molecule has 1 aromatic heterocycles. The molecular weight excluding hydrogens is 254 g/mol. The van der Waals surface area contributed by atoms with Gasteiger partial charge >= 0.3 is 0 Å². The molecule has 1 aliphatic rings. The molecule has 1 unspecified atom stereocenters. The van der Waals surface area contributed by atoms with Crippen LogP contribution in [-0.4, -0.2) is 30.1 Å². The van der Waals surface area contributed by atoms with E-state index >= 15 is 0 Å². The standard InChI is InChI=1S/C12H17N3O2.ClH/c13-7-11-6-9(3-4-14-11)12(16)15-10-2-1-5-17-8-10;/h3-4,6,10H,1-2,5,7-8,13H2,(H,15,16);1H. The molecule has 0 bridgehead atoms. The Hall–Kier alpha value is -1.17. The first-order chi connectivity index (χ1) is 8.29. The van der Waals surface area contributed by atoms with Gasteiger partial charge in [0.05, 0.1) is 18.3 Å². The van der Waals surface area contributed by atoms with Gasteiger partial charge in [-0.25, -0.2) is 0 Å². The average Bonchev–Trinajstić information content (AvgIpc) is 2.40. The van der Waals surface area contributed by atoms with Crippen LogP contribution in [0, 0.1) is 0 Å². The van der Waals surface area contributed by atoms with Crippen molar-refractivity contribution in [2.45, 2.75) is 25.4 Å². The maximum Gasteiger partial charge on any atom is 0.251 e. The predicted octanol–water partition coefficient (Wildman–Crippen LogP) is 0.871. The molecule has 1 atom stereocenters. The minimum absolute atomic E-state index is 0. The summed E-state index contributed by atoms with van der Waals surface area (Å²) in [6.07, 6.45) is 3.57. The van der Waals surface area contributed by atoms with Crippen LogP contribution >= 0.6 is 12.4 Å². The summed E-state index contributed by atoms with van der Waals surface area (Å²) in [6.45, 7) is 1.73. The van der Waals surface area contributed by atoms with E-state index in [2.05, 4.69) is 10.3 Å². The summed E-state index contributed by atoms with van der Waals surface area (Å²) in [5.41, 5.74) is 6.81. The van der Waals surface area contributed by atoms with E-state index in [1.807, 2.05) is 0 Å². The Labute approximate surface area is 113 Å². The van der Waals surface area contributed by atoms with Crippen molar-refractivity contribution in [1.82, 2.24) is 10.3 Å². The number of hydrogen-bond acceptors (Lipinski definition) is 4. The highest BCUT2D eigenvalue weighted by Crippen LogP contribution is 2.08. The van der Waals surface area contributed by atoms with Gasteiger partial charge in [-0.1, -0.05) is 0 Å². The van der Waals surface area contributed by atoms with Gasteiger partial charge in [0.15, 0.2) is 0 Å². The van der Waals surface area contributed by atoms with Crippen molar-refractivity contribution in [2.24, 2.45) is 5.73 Å². The van der Waals surface area contributed by atoms with Gasteiger partial charge in [-0.15, -0.1) is 12.4 Å². The molecule has 1 amide bonds. The third-order valence-electron chi connectivity index (χ3n) is 2.78. The largest absolute Gasteiger partial charge is 0.379 e. The molecule has 6 heteroatoms. The number of rotatable bonds is 3. The smallest absolute Gasteiger partial charge is 0.251 e. The molecule has 0 radical (unpaired) electrons. The number of carbonyl (C=O) groups excluding carboxylic acids is 1. The van der Waals surface area contributed by atoms with Crippen LogP contribution in [0.1, 0.15) is 28.9 Å². The number of hydrogen-bond donors (Lipinski definition) is 2. The average molecular weight is 272 g/mol. The summed E-state index contributed by atoms with van der Waals surface area (Å²) < 4.78 is 5.32. The maximum absolute atomic E-state index is 11.9. The van der Waals surface area contributed by atoms with E-state index in [1.165, 1.54) is 0 Å². The lowest BCUT2D eigenvalue weighted by Gasteiger charge is -2.23. The van der Waals surface area contributed by atoms with Crippen LogP contribution in [0.4, 0.5) is 0 Å². The van der Waals surface area contributed by atoms with Gasteiger partial charge in [-0.2, -0.15) is 0 Å². The summed E-state index contributed by atoms with van der Waals surface area (Å²) in [7, 11) is 0. The van der Waals surface area contributed by atoms with E-state index in [9.17, 15) is 4.79 Å². The van der Waals surface area contributed by atoms with Crippen molar-refractivity contribution in [3.8, 4) is 0 Å². The molecule has 2 rings (SSSR count). The Kier molecular flexibility index (Phi) is 6.04. The molecule has 1 saturated heterocycles. The summed E-state index contributed by atoms with van der Waals surface area (Å²) in [5.74, 6) is -0.0856.